The fourth-order valence-electron chi connectivity index (χ4n) is 2.81. The van der Waals surface area contributed by atoms with Crippen LogP contribution in [0.25, 0.3) is 0 Å². The second kappa shape index (κ2) is 5.89. The van der Waals surface area contributed by atoms with Crippen LogP contribution in [0.4, 0.5) is 4.79 Å². The maximum atomic E-state index is 11.0. The van der Waals surface area contributed by atoms with Gasteiger partial charge in [-0.1, -0.05) is 33.9 Å². The van der Waals surface area contributed by atoms with Crippen LogP contribution < -0.4 is 0 Å². The van der Waals surface area contributed by atoms with E-state index in [1.165, 1.54) is 4.90 Å². The molecule has 2 N–H and O–H groups in total. The molecule has 1 heterocycles. The van der Waals surface area contributed by atoms with Gasteiger partial charge in [-0.25, -0.2) is 4.79 Å². The van der Waals surface area contributed by atoms with E-state index in [0.717, 1.165) is 6.04 Å². The Kier molecular flexibility index (Phi) is 5.18. The monoisotopic (exact) mass is 317 g/mol. The van der Waals surface area contributed by atoms with Crippen LogP contribution in [0.2, 0.25) is 24.2 Å². The van der Waals surface area contributed by atoms with Crippen LogP contribution in [0, 0.1) is 0 Å². The predicted octanol–water partition coefficient (Wildman–Crippen LogP) is 3.01. The number of carbonyl (C=O) groups is 1. The highest BCUT2D eigenvalue weighted by molar-refractivity contribution is 6.80. The van der Waals surface area contributed by atoms with Gasteiger partial charge in [-0.2, -0.15) is 0 Å². The Morgan fingerprint density at radius 1 is 1.24 bits per heavy atom. The first-order chi connectivity index (χ1) is 9.25. The summed E-state index contributed by atoms with van der Waals surface area (Å²) in [5.41, 5.74) is -0.358. The molecule has 0 aromatic heterocycles. The van der Waals surface area contributed by atoms with Gasteiger partial charge in [-0.15, -0.1) is 0 Å². The summed E-state index contributed by atoms with van der Waals surface area (Å²) in [6.45, 7) is 16.0. The van der Waals surface area contributed by atoms with E-state index in [0.29, 0.717) is 0 Å². The third kappa shape index (κ3) is 4.69. The van der Waals surface area contributed by atoms with Gasteiger partial charge in [0.15, 0.2) is 0 Å². The smallest absolute Gasteiger partial charge is 0.407 e. The summed E-state index contributed by atoms with van der Waals surface area (Å²) in [6.07, 6.45) is -2.16. The first-order valence-electron chi connectivity index (χ1n) is 7.59. The van der Waals surface area contributed by atoms with Crippen molar-refractivity contribution in [2.24, 2.45) is 0 Å². The molecule has 0 aromatic carbocycles. The molecule has 1 saturated heterocycles. The molecular formula is C15H31NO4Si. The third-order valence-electron chi connectivity index (χ3n) is 4.88. The van der Waals surface area contributed by atoms with E-state index >= 15 is 0 Å². The molecule has 0 unspecified atom stereocenters. The summed E-state index contributed by atoms with van der Waals surface area (Å²) in [5, 5.41) is 19.3. The number of hydrogen-bond donors (Lipinski definition) is 2. The molecule has 0 aromatic rings. The van der Waals surface area contributed by atoms with Gasteiger partial charge in [-0.3, -0.25) is 0 Å². The number of amides is 1. The van der Waals surface area contributed by atoms with Crippen LogP contribution in [0.1, 0.15) is 34.6 Å². The predicted molar refractivity (Wildman–Crippen MR) is 86.6 cm³/mol. The van der Waals surface area contributed by atoms with E-state index in [1.807, 2.05) is 13.8 Å². The van der Waals surface area contributed by atoms with Crippen molar-refractivity contribution in [3.63, 3.8) is 0 Å². The molecule has 1 amide bonds. The molecule has 1 rings (SSSR count). The van der Waals surface area contributed by atoms with Crippen LogP contribution >= 0.6 is 0 Å². The minimum absolute atomic E-state index is 0.135. The summed E-state index contributed by atoms with van der Waals surface area (Å²) in [7, 11) is -1.51. The van der Waals surface area contributed by atoms with Crippen molar-refractivity contribution in [2.75, 3.05) is 13.1 Å². The van der Waals surface area contributed by atoms with Crippen molar-refractivity contribution in [2.45, 2.75) is 76.6 Å². The standard InChI is InChI=1S/C15H31NO4Si/c1-14(2,3)21(6,7)10-15(4,5)20-12-9-16(13(18)19)8-11(12)17/h11-12,17H,8-10H2,1-7H3,(H,18,19)/t11-,12-/m1/s1. The molecule has 0 saturated carbocycles. The summed E-state index contributed by atoms with van der Waals surface area (Å²) in [4.78, 5) is 12.2. The van der Waals surface area contributed by atoms with E-state index in [-0.39, 0.29) is 23.7 Å². The lowest BCUT2D eigenvalue weighted by Crippen LogP contribution is -2.47. The van der Waals surface area contributed by atoms with Crippen LogP contribution in [0.3, 0.4) is 0 Å². The highest BCUT2D eigenvalue weighted by atomic mass is 28.3. The van der Waals surface area contributed by atoms with Gasteiger partial charge >= 0.3 is 6.09 Å². The third-order valence-corrected chi connectivity index (χ3v) is 10.7. The Hall–Kier alpha value is -0.593. The maximum Gasteiger partial charge on any atom is 0.407 e. The van der Waals surface area contributed by atoms with Crippen molar-refractivity contribution in [3.8, 4) is 0 Å². The molecule has 1 aliphatic heterocycles. The number of nitrogens with zero attached hydrogens (tertiary/aromatic N) is 1. The van der Waals surface area contributed by atoms with E-state index < -0.39 is 26.4 Å². The molecule has 1 fully saturated rings. The quantitative estimate of drug-likeness (QED) is 0.782. The molecule has 124 valence electrons. The summed E-state index contributed by atoms with van der Waals surface area (Å²) < 4.78 is 6.10. The number of carboxylic acid groups (broad SMARTS) is 1. The highest BCUT2D eigenvalue weighted by Crippen LogP contribution is 2.42. The molecule has 2 atom stereocenters. The van der Waals surface area contributed by atoms with Gasteiger partial charge in [0, 0.05) is 0 Å². The largest absolute Gasteiger partial charge is 0.465 e. The molecule has 0 radical (unpaired) electrons. The first-order valence-corrected chi connectivity index (χ1v) is 10.8. The van der Waals surface area contributed by atoms with E-state index in [4.69, 9.17) is 9.84 Å². The number of aliphatic hydroxyl groups excluding tert-OH is 1. The SMILES string of the molecule is CC(C)(C[Si](C)(C)C(C)(C)C)O[C@@H]1CN(C(=O)O)C[C@H]1O. The van der Waals surface area contributed by atoms with Gasteiger partial charge in [0.1, 0.15) is 6.10 Å². The Morgan fingerprint density at radius 3 is 2.14 bits per heavy atom. The zero-order chi connectivity index (χ0) is 16.6. The molecule has 0 spiro atoms. The van der Waals surface area contributed by atoms with Crippen LogP contribution in [-0.2, 0) is 4.74 Å². The number of ether oxygens (including phenoxy) is 1. The Labute approximate surface area is 129 Å². The van der Waals surface area contributed by atoms with Gasteiger partial charge in [0.05, 0.1) is 32.9 Å². The molecule has 0 bridgehead atoms. The molecule has 5 nitrogen and oxygen atoms in total. The van der Waals surface area contributed by atoms with Gasteiger partial charge < -0.3 is 19.8 Å². The summed E-state index contributed by atoms with van der Waals surface area (Å²) in [6, 6.07) is 0.972. The number of rotatable bonds is 4. The normalized spacial score (nSPS) is 24.5. The van der Waals surface area contributed by atoms with Crippen molar-refractivity contribution >= 4 is 14.2 Å². The van der Waals surface area contributed by atoms with E-state index in [1.54, 1.807) is 0 Å². The van der Waals surface area contributed by atoms with Crippen LogP contribution in [0.5, 0.6) is 0 Å². The minimum Gasteiger partial charge on any atom is -0.465 e. The average molecular weight is 318 g/mol. The average Bonchev–Trinajstić information content (AvgIpc) is 2.56. The fourth-order valence-corrected chi connectivity index (χ4v) is 5.55. The van der Waals surface area contributed by atoms with E-state index in [9.17, 15) is 9.90 Å². The van der Waals surface area contributed by atoms with Gasteiger partial charge in [0.2, 0.25) is 0 Å². The molecular weight excluding hydrogens is 286 g/mol. The lowest BCUT2D eigenvalue weighted by Gasteiger charge is -2.43. The topological polar surface area (TPSA) is 70.0 Å². The Bertz CT molecular complexity index is 390. The lowest BCUT2D eigenvalue weighted by atomic mass is 10.1. The summed E-state index contributed by atoms with van der Waals surface area (Å²) >= 11 is 0. The van der Waals surface area contributed by atoms with Crippen LogP contribution in [0.15, 0.2) is 0 Å². The number of hydrogen-bond acceptors (Lipinski definition) is 3. The lowest BCUT2D eigenvalue weighted by molar-refractivity contribution is -0.0914. The van der Waals surface area contributed by atoms with Gasteiger partial charge in [-0.05, 0) is 24.9 Å². The van der Waals surface area contributed by atoms with Crippen LogP contribution in [-0.4, -0.2) is 60.2 Å². The number of aliphatic hydroxyl groups is 1. The summed E-state index contributed by atoms with van der Waals surface area (Å²) in [5.74, 6) is 0. The number of likely N-dealkylation sites (tertiary alicyclic amines) is 1. The molecule has 6 heteroatoms. The minimum atomic E-state index is -1.51. The van der Waals surface area contributed by atoms with Gasteiger partial charge in [0.25, 0.3) is 0 Å². The Morgan fingerprint density at radius 2 is 1.76 bits per heavy atom. The van der Waals surface area contributed by atoms with Crippen molar-refractivity contribution in [3.05, 3.63) is 0 Å². The second-order valence-corrected chi connectivity index (χ2v) is 14.1. The highest BCUT2D eigenvalue weighted by Gasteiger charge is 2.43. The zero-order valence-electron chi connectivity index (χ0n) is 14.4. The molecule has 21 heavy (non-hydrogen) atoms. The first kappa shape index (κ1) is 18.5. The molecule has 1 aliphatic rings. The zero-order valence-corrected chi connectivity index (χ0v) is 15.4. The van der Waals surface area contributed by atoms with Crippen molar-refractivity contribution < 1.29 is 19.7 Å². The number of β-amino-alcohol motifs (C(OH)–C–C–N with tert-alkyl or cyclic N) is 1. The second-order valence-electron chi connectivity index (χ2n) is 8.48. The Balaban J connectivity index is 2.71. The maximum absolute atomic E-state index is 11.0. The molecule has 0 aliphatic carbocycles. The fraction of sp³-hybridized carbons (Fsp3) is 0.933. The van der Waals surface area contributed by atoms with E-state index in [2.05, 4.69) is 33.9 Å². The van der Waals surface area contributed by atoms with Crippen molar-refractivity contribution in [1.29, 1.82) is 0 Å². The van der Waals surface area contributed by atoms with Crippen molar-refractivity contribution in [1.82, 2.24) is 4.90 Å².